The van der Waals surface area contributed by atoms with Crippen LogP contribution in [0.25, 0.3) is 12.2 Å². The number of benzene rings is 3. The Bertz CT molecular complexity index is 1690. The van der Waals surface area contributed by atoms with Gasteiger partial charge in [-0.25, -0.2) is 4.79 Å². The van der Waals surface area contributed by atoms with Crippen molar-refractivity contribution in [1.82, 2.24) is 9.88 Å². The molecule has 0 saturated heterocycles. The van der Waals surface area contributed by atoms with E-state index in [2.05, 4.69) is 11.4 Å². The van der Waals surface area contributed by atoms with Crippen molar-refractivity contribution >= 4 is 35.4 Å². The Morgan fingerprint density at radius 1 is 1.02 bits per heavy atom. The molecule has 8 heteroatoms. The van der Waals surface area contributed by atoms with Crippen LogP contribution in [0.3, 0.4) is 0 Å². The van der Waals surface area contributed by atoms with Crippen LogP contribution in [0.1, 0.15) is 48.1 Å². The number of thiazole rings is 1. The normalized spacial score (nSPS) is 15.3. The van der Waals surface area contributed by atoms with Gasteiger partial charge in [-0.2, -0.15) is 0 Å². The molecule has 210 valence electrons. The summed E-state index contributed by atoms with van der Waals surface area (Å²) < 4.78 is 13.1. The number of fused-ring (bicyclic) bond motifs is 1. The summed E-state index contributed by atoms with van der Waals surface area (Å²) >= 11 is 1.15. The van der Waals surface area contributed by atoms with Gasteiger partial charge in [0.15, 0.2) is 0 Å². The summed E-state index contributed by atoms with van der Waals surface area (Å²) in [4.78, 5) is 38.9. The highest BCUT2D eigenvalue weighted by atomic mass is 32.1. The van der Waals surface area contributed by atoms with E-state index in [1.165, 1.54) is 16.2 Å². The second-order valence-corrected chi connectivity index (χ2v) is 10.9. The lowest BCUT2D eigenvalue weighted by Gasteiger charge is -2.26. The fourth-order valence-corrected chi connectivity index (χ4v) is 5.95. The molecule has 1 atom stereocenters. The van der Waals surface area contributed by atoms with Crippen molar-refractivity contribution in [3.63, 3.8) is 0 Å². The number of aryl methyl sites for hydroxylation is 1. The summed E-state index contributed by atoms with van der Waals surface area (Å²) in [5.41, 5.74) is 3.89. The van der Waals surface area contributed by atoms with Crippen molar-refractivity contribution in [3.05, 3.63) is 121 Å². The van der Waals surface area contributed by atoms with Gasteiger partial charge in [-0.1, -0.05) is 66.7 Å². The Kier molecular flexibility index (Phi) is 9.11. The zero-order chi connectivity index (χ0) is 28.6. The minimum absolute atomic E-state index is 0.104. The molecule has 0 saturated carbocycles. The van der Waals surface area contributed by atoms with E-state index >= 15 is 0 Å². The lowest BCUT2D eigenvalue weighted by molar-refractivity contribution is -0.135. The summed E-state index contributed by atoms with van der Waals surface area (Å²) in [6.45, 7) is 2.19. The number of nitrogens with zero attached hydrogens (tertiary/aromatic N) is 1. The average Bonchev–Trinajstić information content (AvgIpc) is 3.26. The van der Waals surface area contributed by atoms with Gasteiger partial charge in [0.05, 0.1) is 23.3 Å². The van der Waals surface area contributed by atoms with E-state index in [-0.39, 0.29) is 30.7 Å². The number of carbonyl (C=O) groups excluding carboxylic acids is 2. The smallest absolute Gasteiger partial charge is 0.333 e. The first-order chi connectivity index (χ1) is 20.0. The summed E-state index contributed by atoms with van der Waals surface area (Å²) in [5, 5.41) is 3.10. The maximum atomic E-state index is 13.5. The van der Waals surface area contributed by atoms with Crippen LogP contribution in [0.4, 0.5) is 0 Å². The summed E-state index contributed by atoms with van der Waals surface area (Å²) in [7, 11) is 0. The quantitative estimate of drug-likeness (QED) is 0.310. The first kappa shape index (κ1) is 28.1. The molecule has 1 unspecified atom stereocenters. The lowest BCUT2D eigenvalue weighted by Crippen LogP contribution is -2.40. The maximum absolute atomic E-state index is 13.5. The van der Waals surface area contributed by atoms with E-state index in [4.69, 9.17) is 9.47 Å². The number of hydrogen-bond acceptors (Lipinski definition) is 6. The minimum atomic E-state index is -0.560. The van der Waals surface area contributed by atoms with Gasteiger partial charge < -0.3 is 14.8 Å². The van der Waals surface area contributed by atoms with Crippen LogP contribution < -0.4 is 24.8 Å². The second kappa shape index (κ2) is 13.3. The molecule has 0 fully saturated rings. The molecule has 0 aliphatic heterocycles. The largest absolute Gasteiger partial charge is 0.489 e. The highest BCUT2D eigenvalue weighted by Gasteiger charge is 2.22. The molecule has 41 heavy (non-hydrogen) atoms. The van der Waals surface area contributed by atoms with Gasteiger partial charge in [-0.05, 0) is 66.6 Å². The predicted octanol–water partition coefficient (Wildman–Crippen LogP) is 3.86. The van der Waals surface area contributed by atoms with Crippen molar-refractivity contribution in [3.8, 4) is 5.75 Å². The van der Waals surface area contributed by atoms with E-state index in [0.717, 1.165) is 47.3 Å². The average molecular weight is 569 g/mol. The first-order valence-corrected chi connectivity index (χ1v) is 14.6. The number of carbonyl (C=O) groups is 2. The third-order valence-electron chi connectivity index (χ3n) is 6.90. The Balaban J connectivity index is 1.37. The van der Waals surface area contributed by atoms with Crippen molar-refractivity contribution < 1.29 is 19.1 Å². The SMILES string of the molecule is CCOC(=O)/C=c1\s/c(=C\c2ccc(OCc3ccccc3)cc2)c(=O)n1CC(=O)NC1CCCc2ccccc21. The Labute approximate surface area is 242 Å². The highest BCUT2D eigenvalue weighted by Crippen LogP contribution is 2.29. The van der Waals surface area contributed by atoms with E-state index in [1.54, 1.807) is 13.0 Å². The van der Waals surface area contributed by atoms with Gasteiger partial charge in [0.2, 0.25) is 5.91 Å². The molecule has 0 bridgehead atoms. The molecule has 0 spiro atoms. The molecule has 7 nitrogen and oxygen atoms in total. The Morgan fingerprint density at radius 2 is 1.78 bits per heavy atom. The van der Waals surface area contributed by atoms with E-state index < -0.39 is 5.97 Å². The van der Waals surface area contributed by atoms with Crippen LogP contribution >= 0.6 is 11.3 Å². The van der Waals surface area contributed by atoms with Gasteiger partial charge in [0.1, 0.15) is 23.6 Å². The number of amides is 1. The van der Waals surface area contributed by atoms with Gasteiger partial charge in [-0.3, -0.25) is 14.2 Å². The zero-order valence-electron chi connectivity index (χ0n) is 22.9. The third-order valence-corrected chi connectivity index (χ3v) is 7.96. The molecular weight excluding hydrogens is 536 g/mol. The molecule has 1 aliphatic rings. The van der Waals surface area contributed by atoms with Crippen LogP contribution in [0.5, 0.6) is 5.75 Å². The van der Waals surface area contributed by atoms with Crippen LogP contribution in [-0.2, 0) is 33.9 Å². The molecule has 4 aromatic rings. The van der Waals surface area contributed by atoms with Crippen LogP contribution in [0, 0.1) is 0 Å². The molecule has 3 aromatic carbocycles. The third kappa shape index (κ3) is 7.21. The predicted molar refractivity (Wildman–Crippen MR) is 160 cm³/mol. The van der Waals surface area contributed by atoms with Crippen molar-refractivity contribution in [2.75, 3.05) is 6.61 Å². The van der Waals surface area contributed by atoms with Crippen molar-refractivity contribution in [2.24, 2.45) is 0 Å². The van der Waals surface area contributed by atoms with Crippen LogP contribution in [0.15, 0.2) is 83.7 Å². The summed E-state index contributed by atoms with van der Waals surface area (Å²) in [5.74, 6) is -0.126. The lowest BCUT2D eigenvalue weighted by atomic mass is 9.88. The molecule has 5 rings (SSSR count). The standard InChI is InChI=1S/C33H32N2O5S/c1-2-39-32(37)20-31-35(21-30(36)34-28-14-8-12-25-11-6-7-13-27(25)28)33(38)29(41-31)19-23-15-17-26(18-16-23)40-22-24-9-4-3-5-10-24/h3-7,9-11,13,15-20,28H,2,8,12,14,21-22H2,1H3,(H,34,36)/b29-19-,31-20-. The molecule has 1 N–H and O–H groups in total. The molecule has 1 heterocycles. The van der Waals surface area contributed by atoms with E-state index in [1.807, 2.05) is 72.8 Å². The minimum Gasteiger partial charge on any atom is -0.489 e. The number of ether oxygens (including phenoxy) is 2. The van der Waals surface area contributed by atoms with Gasteiger partial charge in [0, 0.05) is 0 Å². The van der Waals surface area contributed by atoms with Gasteiger partial charge in [0.25, 0.3) is 5.56 Å². The number of nitrogens with one attached hydrogen (secondary N) is 1. The Morgan fingerprint density at radius 3 is 2.56 bits per heavy atom. The highest BCUT2D eigenvalue weighted by molar-refractivity contribution is 7.07. The zero-order valence-corrected chi connectivity index (χ0v) is 23.7. The fraction of sp³-hybridized carbons (Fsp3) is 0.242. The molecule has 1 amide bonds. The Hall–Kier alpha value is -4.43. The van der Waals surface area contributed by atoms with Gasteiger partial charge >= 0.3 is 5.97 Å². The number of hydrogen-bond donors (Lipinski definition) is 1. The molecule has 1 aromatic heterocycles. The van der Waals surface area contributed by atoms with Crippen molar-refractivity contribution in [1.29, 1.82) is 0 Å². The molecular formula is C33H32N2O5S. The first-order valence-electron chi connectivity index (χ1n) is 13.7. The monoisotopic (exact) mass is 568 g/mol. The number of aromatic nitrogens is 1. The number of rotatable bonds is 9. The fourth-order valence-electron chi connectivity index (χ4n) is 4.92. The van der Waals surface area contributed by atoms with E-state index in [0.29, 0.717) is 21.6 Å². The second-order valence-electron chi connectivity index (χ2n) is 9.79. The molecule has 0 radical (unpaired) electrons. The molecule has 1 aliphatic carbocycles. The maximum Gasteiger partial charge on any atom is 0.333 e. The van der Waals surface area contributed by atoms with E-state index in [9.17, 15) is 14.4 Å². The van der Waals surface area contributed by atoms with Crippen molar-refractivity contribution in [2.45, 2.75) is 45.4 Å². The van der Waals surface area contributed by atoms with Crippen LogP contribution in [-0.4, -0.2) is 23.1 Å². The summed E-state index contributed by atoms with van der Waals surface area (Å²) in [6.07, 6.45) is 5.84. The summed E-state index contributed by atoms with van der Waals surface area (Å²) in [6, 6.07) is 25.4. The van der Waals surface area contributed by atoms with Gasteiger partial charge in [-0.15, -0.1) is 11.3 Å². The van der Waals surface area contributed by atoms with Crippen LogP contribution in [0.2, 0.25) is 0 Å². The number of esters is 1. The topological polar surface area (TPSA) is 86.6 Å².